The molecule has 2 aliphatic heterocycles. The van der Waals surface area contributed by atoms with E-state index in [9.17, 15) is 10.1 Å². The Morgan fingerprint density at radius 2 is 1.80 bits per heavy atom. The molecule has 0 unspecified atom stereocenters. The zero-order valence-electron chi connectivity index (χ0n) is 26.3. The first-order valence-corrected chi connectivity index (χ1v) is 15.8. The number of rotatable bonds is 10. The van der Waals surface area contributed by atoms with Crippen LogP contribution >= 0.6 is 0 Å². The Kier molecular flexibility index (Phi) is 9.69. The third-order valence-corrected chi connectivity index (χ3v) is 8.68. The van der Waals surface area contributed by atoms with Crippen LogP contribution in [0.15, 0.2) is 61.4 Å². The van der Waals surface area contributed by atoms with Gasteiger partial charge in [-0.3, -0.25) is 4.79 Å². The predicted molar refractivity (Wildman–Crippen MR) is 173 cm³/mol. The Labute approximate surface area is 269 Å². The maximum absolute atomic E-state index is 13.4. The van der Waals surface area contributed by atoms with Crippen molar-refractivity contribution in [1.29, 1.82) is 5.26 Å². The number of aromatic nitrogens is 5. The van der Waals surface area contributed by atoms with Gasteiger partial charge in [-0.2, -0.15) is 10.4 Å². The second-order valence-electron chi connectivity index (χ2n) is 11.8. The lowest BCUT2D eigenvalue weighted by Gasteiger charge is -2.40. The molecule has 0 aliphatic carbocycles. The normalized spacial score (nSPS) is 16.4. The number of hydrogen-bond acceptors (Lipinski definition) is 10. The van der Waals surface area contributed by atoms with Crippen LogP contribution < -0.4 is 14.8 Å². The zero-order chi connectivity index (χ0) is 31.9. The molecule has 2 saturated heterocycles. The van der Waals surface area contributed by atoms with Gasteiger partial charge < -0.3 is 24.6 Å². The third-order valence-electron chi connectivity index (χ3n) is 8.68. The summed E-state index contributed by atoms with van der Waals surface area (Å²) in [4.78, 5) is 30.9. The van der Waals surface area contributed by atoms with Gasteiger partial charge in [0.05, 0.1) is 24.9 Å². The van der Waals surface area contributed by atoms with Crippen LogP contribution in [0.5, 0.6) is 11.5 Å². The summed E-state index contributed by atoms with van der Waals surface area (Å²) in [5, 5.41) is 16.9. The van der Waals surface area contributed by atoms with Crippen molar-refractivity contribution in [2.24, 2.45) is 0 Å². The quantitative estimate of drug-likeness (QED) is 0.260. The largest absolute Gasteiger partial charge is 0.495 e. The van der Waals surface area contributed by atoms with Gasteiger partial charge in [0.2, 0.25) is 5.95 Å². The van der Waals surface area contributed by atoms with E-state index >= 15 is 0 Å². The highest BCUT2D eigenvalue weighted by atomic mass is 16.5. The zero-order valence-corrected chi connectivity index (χ0v) is 26.3. The smallest absolute Gasteiger partial charge is 0.253 e. The van der Waals surface area contributed by atoms with Crippen LogP contribution in [0.3, 0.4) is 0 Å². The van der Waals surface area contributed by atoms with Crippen molar-refractivity contribution in [2.75, 3.05) is 38.6 Å². The molecule has 46 heavy (non-hydrogen) atoms. The highest BCUT2D eigenvalue weighted by molar-refractivity contribution is 5.95. The molecule has 12 heteroatoms. The predicted octanol–water partition coefficient (Wildman–Crippen LogP) is 4.92. The lowest BCUT2D eigenvalue weighted by Crippen LogP contribution is -2.48. The van der Waals surface area contributed by atoms with Crippen molar-refractivity contribution in [3.63, 3.8) is 0 Å². The lowest BCUT2D eigenvalue weighted by atomic mass is 9.99. The van der Waals surface area contributed by atoms with Crippen molar-refractivity contribution in [1.82, 2.24) is 34.5 Å². The van der Waals surface area contributed by atoms with E-state index in [-0.39, 0.29) is 12.0 Å². The van der Waals surface area contributed by atoms with E-state index in [0.717, 1.165) is 37.1 Å². The molecule has 2 aliphatic rings. The summed E-state index contributed by atoms with van der Waals surface area (Å²) in [6.45, 7) is 6.33. The van der Waals surface area contributed by atoms with Crippen LogP contribution in [0.1, 0.15) is 54.9 Å². The number of ether oxygens (including phenoxy) is 2. The van der Waals surface area contributed by atoms with Gasteiger partial charge in [-0.05, 0) is 81.6 Å². The van der Waals surface area contributed by atoms with Gasteiger partial charge in [0.25, 0.3) is 5.91 Å². The van der Waals surface area contributed by atoms with Gasteiger partial charge in [-0.15, -0.1) is 0 Å². The van der Waals surface area contributed by atoms with Gasteiger partial charge >= 0.3 is 0 Å². The number of piperidine rings is 2. The Balaban J connectivity index is 1.09. The van der Waals surface area contributed by atoms with E-state index in [2.05, 4.69) is 36.3 Å². The maximum atomic E-state index is 13.4. The van der Waals surface area contributed by atoms with Crippen LogP contribution in [-0.2, 0) is 6.54 Å². The van der Waals surface area contributed by atoms with Crippen molar-refractivity contribution in [3.05, 3.63) is 72.6 Å². The van der Waals surface area contributed by atoms with E-state index < -0.39 is 0 Å². The van der Waals surface area contributed by atoms with Gasteiger partial charge in [-0.1, -0.05) is 12.5 Å². The molecule has 4 heterocycles. The Morgan fingerprint density at radius 3 is 2.50 bits per heavy atom. The van der Waals surface area contributed by atoms with Crippen molar-refractivity contribution in [3.8, 4) is 28.7 Å². The van der Waals surface area contributed by atoms with E-state index in [4.69, 9.17) is 9.47 Å². The molecule has 1 amide bonds. The molecule has 2 fully saturated rings. The molecule has 0 saturated carbocycles. The summed E-state index contributed by atoms with van der Waals surface area (Å²) in [5.74, 6) is 1.42. The number of nitrogens with zero attached hydrogens (tertiary/aromatic N) is 8. The van der Waals surface area contributed by atoms with E-state index in [0.29, 0.717) is 46.8 Å². The first kappa shape index (κ1) is 31.0. The highest BCUT2D eigenvalue weighted by Crippen LogP contribution is 2.31. The SMILES string of the molecule is COc1cc(C(=O)N2CCC(N3CCCCC3)CC2)ccc1Nc1ncc(-c2ccc(C#N)c(O[C@@H](C)Cn3cncn3)c2)cn1. The second-order valence-corrected chi connectivity index (χ2v) is 11.8. The summed E-state index contributed by atoms with van der Waals surface area (Å²) < 4.78 is 13.4. The molecule has 238 valence electrons. The number of likely N-dealkylation sites (tertiary alicyclic amines) is 2. The number of nitrogens with one attached hydrogen (secondary N) is 1. The Bertz CT molecular complexity index is 1660. The maximum Gasteiger partial charge on any atom is 0.253 e. The van der Waals surface area contributed by atoms with Gasteiger partial charge in [-0.25, -0.2) is 19.6 Å². The summed E-state index contributed by atoms with van der Waals surface area (Å²) in [7, 11) is 1.58. The van der Waals surface area contributed by atoms with Crippen LogP contribution in [0.25, 0.3) is 11.1 Å². The lowest BCUT2D eigenvalue weighted by molar-refractivity contribution is 0.0589. The minimum absolute atomic E-state index is 0.0288. The molecule has 12 nitrogen and oxygen atoms in total. The fourth-order valence-corrected chi connectivity index (χ4v) is 6.23. The number of anilines is 2. The van der Waals surface area contributed by atoms with Gasteiger partial charge in [0.15, 0.2) is 0 Å². The molecule has 0 bridgehead atoms. The van der Waals surface area contributed by atoms with Crippen molar-refractivity contribution in [2.45, 2.75) is 57.7 Å². The van der Waals surface area contributed by atoms with Crippen LogP contribution in [-0.4, -0.2) is 85.9 Å². The summed E-state index contributed by atoms with van der Waals surface area (Å²) >= 11 is 0. The number of carbonyl (C=O) groups is 1. The van der Waals surface area contributed by atoms with E-state index in [1.807, 2.05) is 36.1 Å². The average Bonchev–Trinajstić information content (AvgIpc) is 3.62. The molecule has 6 rings (SSSR count). The average molecular weight is 622 g/mol. The minimum Gasteiger partial charge on any atom is -0.495 e. The van der Waals surface area contributed by atoms with Crippen LogP contribution in [0.2, 0.25) is 0 Å². The number of amides is 1. The van der Waals surface area contributed by atoms with Crippen molar-refractivity contribution < 1.29 is 14.3 Å². The monoisotopic (exact) mass is 621 g/mol. The minimum atomic E-state index is -0.236. The number of carbonyl (C=O) groups excluding carboxylic acids is 1. The Hall–Kier alpha value is -5.02. The highest BCUT2D eigenvalue weighted by Gasteiger charge is 2.28. The fourth-order valence-electron chi connectivity index (χ4n) is 6.23. The van der Waals surface area contributed by atoms with Gasteiger partial charge in [0.1, 0.15) is 36.3 Å². The first-order chi connectivity index (χ1) is 22.5. The number of hydrogen-bond donors (Lipinski definition) is 1. The van der Waals surface area contributed by atoms with Crippen LogP contribution in [0.4, 0.5) is 11.6 Å². The first-order valence-electron chi connectivity index (χ1n) is 15.8. The molecule has 1 N–H and O–H groups in total. The standard InChI is InChI=1S/C34H39N9O3/c1-24(21-43-23-36-22-39-43)46-31-16-25(6-7-27(31)18-35)28-19-37-34(38-20-28)40-30-9-8-26(17-32(30)45-2)33(44)42-14-10-29(11-15-42)41-12-4-3-5-13-41/h6-9,16-17,19-20,22-24,29H,3-5,10-15,21H2,1-2H3,(H,37,38,40)/t24-/m0/s1. The third kappa shape index (κ3) is 7.26. The van der Waals surface area contributed by atoms with Gasteiger partial charge in [0, 0.05) is 42.7 Å². The Morgan fingerprint density at radius 1 is 1.02 bits per heavy atom. The number of benzene rings is 2. The van der Waals surface area contributed by atoms with E-state index in [1.54, 1.807) is 42.6 Å². The molecule has 0 spiro atoms. The molecule has 0 radical (unpaired) electrons. The van der Waals surface area contributed by atoms with Crippen molar-refractivity contribution >= 4 is 17.5 Å². The summed E-state index contributed by atoms with van der Waals surface area (Å²) in [6.07, 6.45) is 12.2. The van der Waals surface area contributed by atoms with E-state index in [1.165, 1.54) is 38.7 Å². The molecular weight excluding hydrogens is 582 g/mol. The molecule has 2 aromatic heterocycles. The topological polar surface area (TPSA) is 134 Å². The van der Waals surface area contributed by atoms with Crippen LogP contribution in [0, 0.1) is 11.3 Å². The number of methoxy groups -OCH3 is 1. The molecular formula is C34H39N9O3. The molecule has 1 atom stereocenters. The summed E-state index contributed by atoms with van der Waals surface area (Å²) in [6, 6.07) is 13.6. The molecule has 4 aromatic rings. The second kappa shape index (κ2) is 14.4. The summed E-state index contributed by atoms with van der Waals surface area (Å²) in [5.41, 5.74) is 3.27. The fraction of sp³-hybridized carbons (Fsp3) is 0.412. The molecule has 2 aromatic carbocycles. The number of nitriles is 1.